The number of halogens is 2. The van der Waals surface area contributed by atoms with Crippen LogP contribution in [0.15, 0.2) is 65.5 Å². The molecule has 0 saturated carbocycles. The van der Waals surface area contributed by atoms with Gasteiger partial charge in [0.05, 0.1) is 11.2 Å². The van der Waals surface area contributed by atoms with Crippen molar-refractivity contribution < 1.29 is 18.4 Å². The number of fused-ring (bicyclic) bond motifs is 1. The van der Waals surface area contributed by atoms with Crippen LogP contribution in [-0.4, -0.2) is 28.7 Å². The molecule has 166 valence electrons. The van der Waals surface area contributed by atoms with E-state index in [1.165, 1.54) is 6.08 Å². The first-order valence-corrected chi connectivity index (χ1v) is 10.1. The number of aromatic nitrogens is 2. The Hall–Kier alpha value is -3.81. The van der Waals surface area contributed by atoms with Gasteiger partial charge >= 0.3 is 0 Å². The number of hydrogen-bond donors (Lipinski definition) is 3. The van der Waals surface area contributed by atoms with Gasteiger partial charge in [0, 0.05) is 28.6 Å². The normalized spacial score (nSPS) is 12.6. The zero-order chi connectivity index (χ0) is 23.3. The lowest BCUT2D eigenvalue weighted by atomic mass is 10.0. The van der Waals surface area contributed by atoms with Crippen LogP contribution in [0.3, 0.4) is 0 Å². The summed E-state index contributed by atoms with van der Waals surface area (Å²) >= 11 is 0. The van der Waals surface area contributed by atoms with Crippen LogP contribution in [0.1, 0.15) is 37.0 Å². The third-order valence-corrected chi connectivity index (χ3v) is 5.01. The summed E-state index contributed by atoms with van der Waals surface area (Å²) < 4.78 is 26.8. The Balaban J connectivity index is 1.79. The Labute approximate surface area is 184 Å². The molecule has 0 spiro atoms. The number of aromatic amines is 1. The first-order valence-electron chi connectivity index (χ1n) is 10.1. The Kier molecular flexibility index (Phi) is 7.14. The summed E-state index contributed by atoms with van der Waals surface area (Å²) in [4.78, 5) is 23.9. The summed E-state index contributed by atoms with van der Waals surface area (Å²) in [5.74, 6) is -1.50. The van der Waals surface area contributed by atoms with Gasteiger partial charge in [-0.25, -0.2) is 8.78 Å². The fourth-order valence-electron chi connectivity index (χ4n) is 3.29. The van der Waals surface area contributed by atoms with E-state index in [9.17, 15) is 18.4 Å². The maximum Gasteiger partial charge on any atom is 0.248 e. The van der Waals surface area contributed by atoms with Crippen molar-refractivity contribution in [2.24, 2.45) is 5.73 Å². The van der Waals surface area contributed by atoms with E-state index in [0.717, 1.165) is 16.5 Å². The molecule has 3 aromatic rings. The van der Waals surface area contributed by atoms with Crippen molar-refractivity contribution in [3.8, 4) is 11.3 Å². The predicted molar refractivity (Wildman–Crippen MR) is 121 cm³/mol. The van der Waals surface area contributed by atoms with Gasteiger partial charge in [-0.1, -0.05) is 24.6 Å². The Morgan fingerprint density at radius 3 is 2.69 bits per heavy atom. The molecule has 0 bridgehead atoms. The van der Waals surface area contributed by atoms with Crippen LogP contribution in [0.4, 0.5) is 14.5 Å². The monoisotopic (exact) mass is 438 g/mol. The number of rotatable bonds is 8. The second-order valence-corrected chi connectivity index (χ2v) is 7.43. The highest BCUT2D eigenvalue weighted by Gasteiger charge is 2.12. The molecular formula is C24H24F2N4O2. The zero-order valence-electron chi connectivity index (χ0n) is 17.8. The summed E-state index contributed by atoms with van der Waals surface area (Å²) in [6.07, 6.45) is 1.43. The van der Waals surface area contributed by atoms with Gasteiger partial charge in [-0.15, -0.1) is 0 Å². The van der Waals surface area contributed by atoms with Gasteiger partial charge in [-0.2, -0.15) is 5.10 Å². The standard InChI is InChI=1S/C24H24F2N4O2/c1-3-15(13-25)20(26)9-14(2)10-22(31)28-18-6-4-5-16(11-18)23-19-12-17(24(27)32)7-8-21(19)29-30-23/h4-9,11-12H,3,10,13H2,1-2H3,(H2,27,32)(H,28,31)(H,29,30)/b14-9+,20-15-. The molecule has 4 N–H and O–H groups in total. The van der Waals surface area contributed by atoms with Gasteiger partial charge in [0.2, 0.25) is 11.8 Å². The lowest BCUT2D eigenvalue weighted by molar-refractivity contribution is -0.115. The number of benzene rings is 2. The van der Waals surface area contributed by atoms with Crippen LogP contribution in [0.5, 0.6) is 0 Å². The number of anilines is 1. The summed E-state index contributed by atoms with van der Waals surface area (Å²) in [5, 5.41) is 10.7. The van der Waals surface area contributed by atoms with Crippen molar-refractivity contribution in [3.05, 3.63) is 71.1 Å². The Morgan fingerprint density at radius 1 is 1.22 bits per heavy atom. The van der Waals surface area contributed by atoms with E-state index in [2.05, 4.69) is 15.5 Å². The highest BCUT2D eigenvalue weighted by Crippen LogP contribution is 2.29. The van der Waals surface area contributed by atoms with Crippen LogP contribution in [0, 0.1) is 0 Å². The van der Waals surface area contributed by atoms with E-state index < -0.39 is 18.4 Å². The molecule has 0 fully saturated rings. The first-order chi connectivity index (χ1) is 15.3. The lowest BCUT2D eigenvalue weighted by Crippen LogP contribution is -2.11. The molecule has 0 atom stereocenters. The minimum Gasteiger partial charge on any atom is -0.366 e. The maximum atomic E-state index is 14.0. The average Bonchev–Trinajstić information content (AvgIpc) is 3.17. The van der Waals surface area contributed by atoms with E-state index >= 15 is 0 Å². The fourth-order valence-corrected chi connectivity index (χ4v) is 3.29. The molecule has 0 aliphatic carbocycles. The molecule has 2 amide bonds. The van der Waals surface area contributed by atoms with Crippen molar-refractivity contribution in [3.63, 3.8) is 0 Å². The minimum absolute atomic E-state index is 0.0335. The van der Waals surface area contributed by atoms with Gasteiger partial charge in [0.1, 0.15) is 12.5 Å². The van der Waals surface area contributed by atoms with Crippen LogP contribution in [0.2, 0.25) is 0 Å². The van der Waals surface area contributed by atoms with E-state index in [0.29, 0.717) is 22.5 Å². The Bertz CT molecular complexity index is 1220. The quantitative estimate of drug-likeness (QED) is 0.421. The number of nitrogens with zero attached hydrogens (tertiary/aromatic N) is 1. The second kappa shape index (κ2) is 10.00. The molecule has 32 heavy (non-hydrogen) atoms. The van der Waals surface area contributed by atoms with Crippen LogP contribution in [0.25, 0.3) is 22.2 Å². The topological polar surface area (TPSA) is 101 Å². The van der Waals surface area contributed by atoms with Gasteiger partial charge in [0.15, 0.2) is 0 Å². The molecule has 1 heterocycles. The highest BCUT2D eigenvalue weighted by molar-refractivity contribution is 6.01. The minimum atomic E-state index is -0.853. The number of H-pyrrole nitrogens is 1. The van der Waals surface area contributed by atoms with Gasteiger partial charge < -0.3 is 11.1 Å². The number of carbonyl (C=O) groups excluding carboxylic acids is 2. The third kappa shape index (κ3) is 5.26. The summed E-state index contributed by atoms with van der Waals surface area (Å²) in [7, 11) is 0. The smallest absolute Gasteiger partial charge is 0.248 e. The summed E-state index contributed by atoms with van der Waals surface area (Å²) in [6, 6.07) is 12.1. The van der Waals surface area contributed by atoms with Crippen LogP contribution in [-0.2, 0) is 4.79 Å². The molecular weight excluding hydrogens is 414 g/mol. The molecule has 0 aliphatic heterocycles. The molecule has 1 aromatic heterocycles. The molecule has 0 radical (unpaired) electrons. The highest BCUT2D eigenvalue weighted by atomic mass is 19.1. The average molecular weight is 438 g/mol. The number of nitrogens with two attached hydrogens (primary N) is 1. The van der Waals surface area contributed by atoms with Crippen LogP contribution >= 0.6 is 0 Å². The fraction of sp³-hybridized carbons (Fsp3) is 0.208. The van der Waals surface area contributed by atoms with Gasteiger partial charge in [0.25, 0.3) is 0 Å². The Morgan fingerprint density at radius 2 is 2.00 bits per heavy atom. The number of primary amides is 1. The van der Waals surface area contributed by atoms with E-state index in [1.807, 2.05) is 6.07 Å². The number of alkyl halides is 1. The van der Waals surface area contributed by atoms with Crippen molar-refractivity contribution in [1.82, 2.24) is 10.2 Å². The number of hydrogen-bond acceptors (Lipinski definition) is 3. The molecule has 6 nitrogen and oxygen atoms in total. The summed E-state index contributed by atoms with van der Waals surface area (Å²) in [6.45, 7) is 2.44. The molecule has 8 heteroatoms. The number of allylic oxidation sites excluding steroid dienone is 3. The molecule has 0 unspecified atom stereocenters. The predicted octanol–water partition coefficient (Wildman–Crippen LogP) is 5.21. The van der Waals surface area contributed by atoms with Crippen molar-refractivity contribution in [1.29, 1.82) is 0 Å². The number of carbonyl (C=O) groups is 2. The van der Waals surface area contributed by atoms with Crippen molar-refractivity contribution in [2.75, 3.05) is 12.0 Å². The molecule has 3 rings (SSSR count). The summed E-state index contributed by atoms with van der Waals surface area (Å²) in [5.41, 5.74) is 8.92. The lowest BCUT2D eigenvalue weighted by Gasteiger charge is -2.08. The number of nitrogens with one attached hydrogen (secondary N) is 2. The molecule has 0 saturated heterocycles. The van der Waals surface area contributed by atoms with Crippen molar-refractivity contribution in [2.45, 2.75) is 26.7 Å². The van der Waals surface area contributed by atoms with E-state index in [4.69, 9.17) is 5.73 Å². The third-order valence-electron chi connectivity index (χ3n) is 5.01. The first kappa shape index (κ1) is 22.9. The van der Waals surface area contributed by atoms with Crippen LogP contribution < -0.4 is 11.1 Å². The van der Waals surface area contributed by atoms with E-state index in [1.54, 1.807) is 50.2 Å². The second-order valence-electron chi connectivity index (χ2n) is 7.43. The number of amides is 2. The van der Waals surface area contributed by atoms with Gasteiger partial charge in [-0.3, -0.25) is 14.7 Å². The van der Waals surface area contributed by atoms with Gasteiger partial charge in [-0.05, 0) is 55.3 Å². The zero-order valence-corrected chi connectivity index (χ0v) is 17.8. The largest absolute Gasteiger partial charge is 0.366 e. The molecule has 0 aliphatic rings. The molecule has 2 aromatic carbocycles. The SMILES string of the molecule is CC/C(CF)=C(F)\C=C(/C)CC(=O)Nc1cccc(-c2n[nH]c3ccc(C(N)=O)cc23)c1. The van der Waals surface area contributed by atoms with E-state index in [-0.39, 0.29) is 24.3 Å². The van der Waals surface area contributed by atoms with Crippen molar-refractivity contribution >= 4 is 28.4 Å². The maximum absolute atomic E-state index is 14.0.